The lowest BCUT2D eigenvalue weighted by atomic mass is 10.1. The Hall–Kier alpha value is -3.54. The van der Waals surface area contributed by atoms with Gasteiger partial charge in [0.15, 0.2) is 0 Å². The maximum atomic E-state index is 12.6. The Kier molecular flexibility index (Phi) is 6.25. The molecule has 0 saturated heterocycles. The molecule has 3 amide bonds. The molecule has 0 fully saturated rings. The third-order valence-corrected chi connectivity index (χ3v) is 3.95. The Morgan fingerprint density at radius 3 is 2.26 bits per heavy atom. The van der Waals surface area contributed by atoms with E-state index in [-0.39, 0.29) is 12.5 Å². The van der Waals surface area contributed by atoms with Gasteiger partial charge in [-0.25, -0.2) is 4.79 Å². The fourth-order valence-electron chi connectivity index (χ4n) is 2.62. The molecule has 3 rings (SSSR count). The summed E-state index contributed by atoms with van der Waals surface area (Å²) in [6.45, 7) is 0.263. The van der Waals surface area contributed by atoms with Gasteiger partial charge in [0.1, 0.15) is 11.8 Å². The maximum Gasteiger partial charge on any atom is 0.319 e. The van der Waals surface area contributed by atoms with E-state index in [4.69, 9.17) is 4.42 Å². The molecule has 3 aromatic rings. The van der Waals surface area contributed by atoms with Gasteiger partial charge in [0.2, 0.25) is 5.91 Å². The highest BCUT2D eigenvalue weighted by Crippen LogP contribution is 2.07. The highest BCUT2D eigenvalue weighted by Gasteiger charge is 2.21. The second kappa shape index (κ2) is 9.24. The van der Waals surface area contributed by atoms with Crippen molar-refractivity contribution < 1.29 is 14.0 Å². The molecule has 0 bridgehead atoms. The molecule has 0 aliphatic heterocycles. The van der Waals surface area contributed by atoms with Crippen molar-refractivity contribution >= 4 is 17.6 Å². The molecule has 1 aromatic heterocycles. The van der Waals surface area contributed by atoms with Crippen LogP contribution >= 0.6 is 0 Å². The minimum Gasteiger partial charge on any atom is -0.467 e. The first-order chi connectivity index (χ1) is 13.2. The van der Waals surface area contributed by atoms with E-state index in [1.54, 1.807) is 30.5 Å². The Balaban J connectivity index is 1.64. The summed E-state index contributed by atoms with van der Waals surface area (Å²) in [5, 5.41) is 8.28. The number of nitrogens with one attached hydrogen (secondary N) is 3. The fraction of sp³-hybridized carbons (Fsp3) is 0.143. The van der Waals surface area contributed by atoms with Crippen LogP contribution in [0, 0.1) is 0 Å². The lowest BCUT2D eigenvalue weighted by Crippen LogP contribution is -2.49. The first kappa shape index (κ1) is 18.3. The summed E-state index contributed by atoms with van der Waals surface area (Å²) in [5.74, 6) is 0.369. The summed E-state index contributed by atoms with van der Waals surface area (Å²) in [4.78, 5) is 25.0. The van der Waals surface area contributed by atoms with Crippen molar-refractivity contribution in [2.24, 2.45) is 0 Å². The number of para-hydroxylation sites is 1. The van der Waals surface area contributed by atoms with Gasteiger partial charge in [-0.1, -0.05) is 48.5 Å². The zero-order valence-corrected chi connectivity index (χ0v) is 14.7. The molecule has 0 saturated carbocycles. The topological polar surface area (TPSA) is 83.4 Å². The van der Waals surface area contributed by atoms with Gasteiger partial charge >= 0.3 is 6.03 Å². The number of hydrogen-bond donors (Lipinski definition) is 3. The monoisotopic (exact) mass is 363 g/mol. The number of carbonyl (C=O) groups is 2. The van der Waals surface area contributed by atoms with Crippen LogP contribution in [-0.2, 0) is 17.8 Å². The van der Waals surface area contributed by atoms with Gasteiger partial charge in [0, 0.05) is 12.1 Å². The minimum atomic E-state index is -0.717. The number of benzene rings is 2. The van der Waals surface area contributed by atoms with Crippen LogP contribution in [0.4, 0.5) is 10.5 Å². The van der Waals surface area contributed by atoms with E-state index in [1.807, 2.05) is 48.5 Å². The molecule has 27 heavy (non-hydrogen) atoms. The van der Waals surface area contributed by atoms with Crippen molar-refractivity contribution in [3.63, 3.8) is 0 Å². The lowest BCUT2D eigenvalue weighted by Gasteiger charge is -2.19. The largest absolute Gasteiger partial charge is 0.467 e. The molecule has 3 N–H and O–H groups in total. The van der Waals surface area contributed by atoms with Gasteiger partial charge < -0.3 is 20.4 Å². The van der Waals surface area contributed by atoms with E-state index in [0.717, 1.165) is 5.56 Å². The Morgan fingerprint density at radius 1 is 0.889 bits per heavy atom. The van der Waals surface area contributed by atoms with Crippen molar-refractivity contribution in [2.45, 2.75) is 19.0 Å². The maximum absolute atomic E-state index is 12.6. The SMILES string of the molecule is O=C(Nc1ccccc1)N[C@@H](Cc1ccccc1)C(=O)NCc1ccco1. The molecular formula is C21H21N3O3. The normalized spacial score (nSPS) is 11.4. The van der Waals surface area contributed by atoms with Gasteiger partial charge in [-0.15, -0.1) is 0 Å². The van der Waals surface area contributed by atoms with E-state index < -0.39 is 12.1 Å². The number of hydrogen-bond acceptors (Lipinski definition) is 3. The second-order valence-electron chi connectivity index (χ2n) is 6.00. The molecule has 6 nitrogen and oxygen atoms in total. The summed E-state index contributed by atoms with van der Waals surface area (Å²) in [7, 11) is 0. The standard InChI is InChI=1S/C21H21N3O3/c25-20(22-15-18-12-7-13-27-18)19(14-16-8-3-1-4-9-16)24-21(26)23-17-10-5-2-6-11-17/h1-13,19H,14-15H2,(H,22,25)(H2,23,24,26)/t19-/m0/s1. The van der Waals surface area contributed by atoms with Gasteiger partial charge in [-0.3, -0.25) is 4.79 Å². The van der Waals surface area contributed by atoms with Gasteiger partial charge in [-0.05, 0) is 29.8 Å². The zero-order chi connectivity index (χ0) is 18.9. The van der Waals surface area contributed by atoms with Crippen molar-refractivity contribution in [3.8, 4) is 0 Å². The zero-order valence-electron chi connectivity index (χ0n) is 14.7. The van der Waals surface area contributed by atoms with E-state index >= 15 is 0 Å². The van der Waals surface area contributed by atoms with E-state index in [2.05, 4.69) is 16.0 Å². The smallest absolute Gasteiger partial charge is 0.319 e. The van der Waals surface area contributed by atoms with E-state index in [0.29, 0.717) is 17.9 Å². The molecule has 0 aliphatic carbocycles. The van der Waals surface area contributed by atoms with Gasteiger partial charge in [0.25, 0.3) is 0 Å². The van der Waals surface area contributed by atoms with Gasteiger partial charge in [0.05, 0.1) is 12.8 Å². The van der Waals surface area contributed by atoms with Crippen LogP contribution < -0.4 is 16.0 Å². The first-order valence-electron chi connectivity index (χ1n) is 8.67. The number of urea groups is 1. The van der Waals surface area contributed by atoms with Crippen LogP contribution in [0.25, 0.3) is 0 Å². The number of rotatable bonds is 7. The average molecular weight is 363 g/mol. The molecular weight excluding hydrogens is 342 g/mol. The number of carbonyl (C=O) groups excluding carboxylic acids is 2. The molecule has 1 atom stereocenters. The molecule has 2 aromatic carbocycles. The van der Waals surface area contributed by atoms with Crippen molar-refractivity contribution in [1.82, 2.24) is 10.6 Å². The molecule has 0 radical (unpaired) electrons. The van der Waals surface area contributed by atoms with Crippen LogP contribution in [0.1, 0.15) is 11.3 Å². The summed E-state index contributed by atoms with van der Waals surface area (Å²) in [6, 6.07) is 21.0. The van der Waals surface area contributed by atoms with E-state index in [9.17, 15) is 9.59 Å². The fourth-order valence-corrected chi connectivity index (χ4v) is 2.62. The van der Waals surface area contributed by atoms with Crippen molar-refractivity contribution in [3.05, 3.63) is 90.4 Å². The summed E-state index contributed by atoms with van der Waals surface area (Å²) in [5.41, 5.74) is 1.61. The quantitative estimate of drug-likeness (QED) is 0.602. The van der Waals surface area contributed by atoms with E-state index in [1.165, 1.54) is 0 Å². The molecule has 138 valence electrons. The number of anilines is 1. The van der Waals surface area contributed by atoms with Crippen LogP contribution in [0.15, 0.2) is 83.5 Å². The first-order valence-corrected chi connectivity index (χ1v) is 8.67. The Morgan fingerprint density at radius 2 is 1.59 bits per heavy atom. The highest BCUT2D eigenvalue weighted by molar-refractivity contribution is 5.93. The van der Waals surface area contributed by atoms with Crippen molar-refractivity contribution in [2.75, 3.05) is 5.32 Å². The summed E-state index contributed by atoms with van der Waals surface area (Å²) < 4.78 is 5.23. The molecule has 1 heterocycles. The third kappa shape index (κ3) is 5.74. The Bertz CT molecular complexity index is 849. The molecule has 0 aliphatic rings. The number of furan rings is 1. The third-order valence-electron chi connectivity index (χ3n) is 3.95. The summed E-state index contributed by atoms with van der Waals surface area (Å²) >= 11 is 0. The van der Waals surface area contributed by atoms with Crippen LogP contribution in [-0.4, -0.2) is 18.0 Å². The minimum absolute atomic E-state index is 0.263. The second-order valence-corrected chi connectivity index (χ2v) is 6.00. The molecule has 0 spiro atoms. The van der Waals surface area contributed by atoms with Crippen LogP contribution in [0.3, 0.4) is 0 Å². The highest BCUT2D eigenvalue weighted by atomic mass is 16.3. The van der Waals surface area contributed by atoms with Crippen LogP contribution in [0.5, 0.6) is 0 Å². The predicted octanol–water partition coefficient (Wildman–Crippen LogP) is 3.33. The van der Waals surface area contributed by atoms with Crippen LogP contribution in [0.2, 0.25) is 0 Å². The number of amides is 3. The average Bonchev–Trinajstić information content (AvgIpc) is 3.21. The Labute approximate surface area is 157 Å². The predicted molar refractivity (Wildman–Crippen MR) is 103 cm³/mol. The lowest BCUT2D eigenvalue weighted by molar-refractivity contribution is -0.123. The molecule has 6 heteroatoms. The van der Waals surface area contributed by atoms with Crippen molar-refractivity contribution in [1.29, 1.82) is 0 Å². The molecule has 0 unspecified atom stereocenters. The summed E-state index contributed by atoms with van der Waals surface area (Å²) in [6.07, 6.45) is 1.93. The van der Waals surface area contributed by atoms with Gasteiger partial charge in [-0.2, -0.15) is 0 Å².